The van der Waals surface area contributed by atoms with Crippen LogP contribution in [0.25, 0.3) is 0 Å². The summed E-state index contributed by atoms with van der Waals surface area (Å²) in [5, 5.41) is 0. The van der Waals surface area contributed by atoms with Gasteiger partial charge in [0.15, 0.2) is 5.78 Å². The molecule has 1 aliphatic rings. The lowest BCUT2D eigenvalue weighted by Gasteiger charge is -2.46. The molecule has 3 atom stereocenters. The molecular weight excluding hydrogens is 212 g/mol. The number of carbonyl (C=O) groups excluding carboxylic acids is 1. The molecule has 0 bridgehead atoms. The second kappa shape index (κ2) is 5.99. The maximum atomic E-state index is 11.6. The van der Waals surface area contributed by atoms with E-state index < -0.39 is 0 Å². The Hall–Kier alpha value is -0.370. The van der Waals surface area contributed by atoms with Crippen molar-refractivity contribution in [1.82, 2.24) is 0 Å². The van der Waals surface area contributed by atoms with Crippen molar-refractivity contribution >= 4 is 5.78 Å². The van der Waals surface area contributed by atoms with Gasteiger partial charge < -0.3 is 4.74 Å². The molecule has 0 N–H and O–H groups in total. The van der Waals surface area contributed by atoms with Crippen LogP contribution in [-0.4, -0.2) is 18.5 Å². The molecule has 100 valence electrons. The van der Waals surface area contributed by atoms with Gasteiger partial charge in [0.2, 0.25) is 0 Å². The van der Waals surface area contributed by atoms with E-state index in [2.05, 4.69) is 27.7 Å². The molecular formula is C15H28O2. The Labute approximate surface area is 106 Å². The van der Waals surface area contributed by atoms with Crippen LogP contribution in [0, 0.1) is 17.3 Å². The normalized spacial score (nSPS) is 32.4. The number of carbonyl (C=O) groups is 1. The maximum Gasteiger partial charge on any atom is 0.158 e. The summed E-state index contributed by atoms with van der Waals surface area (Å²) in [5.41, 5.74) is 0.185. The van der Waals surface area contributed by atoms with Gasteiger partial charge in [-0.15, -0.1) is 0 Å². The van der Waals surface area contributed by atoms with E-state index in [1.807, 2.05) is 6.92 Å². The first-order valence-corrected chi connectivity index (χ1v) is 7.02. The number of ether oxygens (including phenoxy) is 1. The molecule has 2 heteroatoms. The molecule has 0 spiro atoms. The van der Waals surface area contributed by atoms with Crippen LogP contribution >= 0.6 is 0 Å². The zero-order valence-corrected chi connectivity index (χ0v) is 12.1. The SMILES string of the molecule is CCCC(=O)CO[C@@H]1[C@@H](C)CC[C@H](C)C1(C)C. The Morgan fingerprint density at radius 1 is 1.29 bits per heavy atom. The standard InChI is InChI=1S/C15H28O2/c1-6-7-13(16)10-17-14-11(2)8-9-12(3)15(14,4)5/h11-12,14H,6-10H2,1-5H3/t11-,12-,14+/m0/s1. The minimum absolute atomic E-state index is 0.185. The highest BCUT2D eigenvalue weighted by atomic mass is 16.5. The lowest BCUT2D eigenvalue weighted by Crippen LogP contribution is -2.46. The first-order valence-electron chi connectivity index (χ1n) is 7.02. The van der Waals surface area contributed by atoms with Crippen LogP contribution in [0.15, 0.2) is 0 Å². The number of hydrogen-bond donors (Lipinski definition) is 0. The van der Waals surface area contributed by atoms with Gasteiger partial charge >= 0.3 is 0 Å². The van der Waals surface area contributed by atoms with E-state index in [1.165, 1.54) is 12.8 Å². The fourth-order valence-corrected chi connectivity index (χ4v) is 2.96. The molecule has 1 fully saturated rings. The molecule has 2 nitrogen and oxygen atoms in total. The summed E-state index contributed by atoms with van der Waals surface area (Å²) in [6.07, 6.45) is 4.29. The van der Waals surface area contributed by atoms with Crippen molar-refractivity contribution in [2.45, 2.75) is 66.4 Å². The van der Waals surface area contributed by atoms with Crippen molar-refractivity contribution in [1.29, 1.82) is 0 Å². The van der Waals surface area contributed by atoms with Crippen LogP contribution in [0.1, 0.15) is 60.3 Å². The number of rotatable bonds is 5. The lowest BCUT2D eigenvalue weighted by atomic mass is 9.64. The van der Waals surface area contributed by atoms with Crippen molar-refractivity contribution in [3.63, 3.8) is 0 Å². The van der Waals surface area contributed by atoms with Gasteiger partial charge in [0.1, 0.15) is 6.61 Å². The number of hydrogen-bond acceptors (Lipinski definition) is 2. The molecule has 0 amide bonds. The third-order valence-corrected chi connectivity index (χ3v) is 4.53. The Kier molecular flexibility index (Phi) is 5.18. The summed E-state index contributed by atoms with van der Waals surface area (Å²) in [6.45, 7) is 11.5. The second-order valence-corrected chi connectivity index (χ2v) is 6.30. The molecule has 0 radical (unpaired) electrons. The predicted molar refractivity (Wildman–Crippen MR) is 71.0 cm³/mol. The summed E-state index contributed by atoms with van der Waals surface area (Å²) < 4.78 is 5.95. The fourth-order valence-electron chi connectivity index (χ4n) is 2.96. The highest BCUT2D eigenvalue weighted by Gasteiger charge is 2.42. The Morgan fingerprint density at radius 3 is 2.53 bits per heavy atom. The van der Waals surface area contributed by atoms with E-state index in [4.69, 9.17) is 4.74 Å². The quantitative estimate of drug-likeness (QED) is 0.730. The van der Waals surface area contributed by atoms with E-state index in [0.29, 0.717) is 24.9 Å². The molecule has 1 saturated carbocycles. The van der Waals surface area contributed by atoms with E-state index >= 15 is 0 Å². The van der Waals surface area contributed by atoms with Crippen molar-refractivity contribution in [3.8, 4) is 0 Å². The zero-order valence-electron chi connectivity index (χ0n) is 12.1. The summed E-state index contributed by atoms with van der Waals surface area (Å²) in [5.74, 6) is 1.48. The molecule has 0 aromatic rings. The van der Waals surface area contributed by atoms with Gasteiger partial charge in [0.05, 0.1) is 6.10 Å². The molecule has 0 unspecified atom stereocenters. The van der Waals surface area contributed by atoms with E-state index in [0.717, 1.165) is 6.42 Å². The number of ketones is 1. The Bertz CT molecular complexity index is 258. The number of Topliss-reactive ketones (excluding diaryl/α,β-unsaturated/α-hetero) is 1. The van der Waals surface area contributed by atoms with Crippen LogP contribution in [0.5, 0.6) is 0 Å². The van der Waals surface area contributed by atoms with Crippen LogP contribution in [0.2, 0.25) is 0 Å². The summed E-state index contributed by atoms with van der Waals surface area (Å²) in [7, 11) is 0. The lowest BCUT2D eigenvalue weighted by molar-refractivity contribution is -0.138. The first-order chi connectivity index (χ1) is 7.89. The smallest absolute Gasteiger partial charge is 0.158 e. The Morgan fingerprint density at radius 2 is 1.94 bits per heavy atom. The van der Waals surface area contributed by atoms with Crippen LogP contribution in [-0.2, 0) is 9.53 Å². The molecule has 0 aromatic heterocycles. The van der Waals surface area contributed by atoms with Crippen LogP contribution < -0.4 is 0 Å². The zero-order chi connectivity index (χ0) is 13.1. The second-order valence-electron chi connectivity index (χ2n) is 6.30. The minimum Gasteiger partial charge on any atom is -0.370 e. The summed E-state index contributed by atoms with van der Waals surface area (Å²) in [4.78, 5) is 11.6. The Balaban J connectivity index is 2.57. The van der Waals surface area contributed by atoms with Crippen molar-refractivity contribution < 1.29 is 9.53 Å². The predicted octanol–water partition coefficient (Wildman–Crippen LogP) is 3.83. The topological polar surface area (TPSA) is 26.3 Å². The van der Waals surface area contributed by atoms with Crippen molar-refractivity contribution in [2.75, 3.05) is 6.61 Å². The molecule has 17 heavy (non-hydrogen) atoms. The summed E-state index contributed by atoms with van der Waals surface area (Å²) >= 11 is 0. The van der Waals surface area contributed by atoms with E-state index in [1.54, 1.807) is 0 Å². The van der Waals surface area contributed by atoms with Gasteiger partial charge in [0.25, 0.3) is 0 Å². The van der Waals surface area contributed by atoms with Gasteiger partial charge in [-0.3, -0.25) is 4.79 Å². The van der Waals surface area contributed by atoms with Gasteiger partial charge in [-0.1, -0.05) is 34.6 Å². The van der Waals surface area contributed by atoms with E-state index in [-0.39, 0.29) is 17.3 Å². The molecule has 0 aromatic carbocycles. The fraction of sp³-hybridized carbons (Fsp3) is 0.933. The third kappa shape index (κ3) is 3.54. The average molecular weight is 240 g/mol. The van der Waals surface area contributed by atoms with Crippen molar-refractivity contribution in [2.24, 2.45) is 17.3 Å². The van der Waals surface area contributed by atoms with E-state index in [9.17, 15) is 4.79 Å². The van der Waals surface area contributed by atoms with Gasteiger partial charge in [0, 0.05) is 6.42 Å². The van der Waals surface area contributed by atoms with Gasteiger partial charge in [-0.25, -0.2) is 0 Å². The molecule has 0 aliphatic heterocycles. The van der Waals surface area contributed by atoms with Crippen LogP contribution in [0.3, 0.4) is 0 Å². The highest BCUT2D eigenvalue weighted by molar-refractivity contribution is 5.79. The largest absolute Gasteiger partial charge is 0.370 e. The molecule has 1 rings (SSSR count). The minimum atomic E-state index is 0.185. The highest BCUT2D eigenvalue weighted by Crippen LogP contribution is 2.44. The third-order valence-electron chi connectivity index (χ3n) is 4.53. The molecule has 1 aliphatic carbocycles. The first kappa shape index (κ1) is 14.7. The molecule has 0 heterocycles. The van der Waals surface area contributed by atoms with Crippen molar-refractivity contribution in [3.05, 3.63) is 0 Å². The summed E-state index contributed by atoms with van der Waals surface area (Å²) in [6, 6.07) is 0. The molecule has 0 saturated heterocycles. The van der Waals surface area contributed by atoms with Crippen LogP contribution in [0.4, 0.5) is 0 Å². The van der Waals surface area contributed by atoms with Gasteiger partial charge in [-0.05, 0) is 36.5 Å². The van der Waals surface area contributed by atoms with Gasteiger partial charge in [-0.2, -0.15) is 0 Å². The average Bonchev–Trinajstić information content (AvgIpc) is 2.24. The monoisotopic (exact) mass is 240 g/mol. The maximum absolute atomic E-state index is 11.6.